The number of carbonyl (C=O) groups excluding carboxylic acids is 1. The van der Waals surface area contributed by atoms with Crippen molar-refractivity contribution in [2.45, 2.75) is 13.0 Å². The van der Waals surface area contributed by atoms with Crippen LogP contribution < -0.4 is 5.32 Å². The standard InChI is InChI=1S/C16H13Cl2N5O/c1-10(22-16(24)12-6-14(17)15(18)20-7-12)11-2-4-13(5-3-11)23-9-19-8-21-23/h2-10H,1H3,(H,22,24). The lowest BCUT2D eigenvalue weighted by atomic mass is 10.1. The predicted octanol–water partition coefficient (Wildman–Crippen LogP) is 3.46. The van der Waals surface area contributed by atoms with Crippen molar-refractivity contribution < 1.29 is 4.79 Å². The smallest absolute Gasteiger partial charge is 0.253 e. The van der Waals surface area contributed by atoms with E-state index in [1.807, 2.05) is 31.2 Å². The molecule has 0 bridgehead atoms. The largest absolute Gasteiger partial charge is 0.345 e. The predicted molar refractivity (Wildman–Crippen MR) is 91.5 cm³/mol. The maximum Gasteiger partial charge on any atom is 0.253 e. The number of nitrogens with zero attached hydrogens (tertiary/aromatic N) is 4. The van der Waals surface area contributed by atoms with Gasteiger partial charge in [-0.3, -0.25) is 4.79 Å². The normalized spacial score (nSPS) is 12.0. The molecule has 1 unspecified atom stereocenters. The molecule has 0 fully saturated rings. The number of pyridine rings is 1. The molecule has 2 heterocycles. The molecular weight excluding hydrogens is 349 g/mol. The number of hydrogen-bond acceptors (Lipinski definition) is 4. The third-order valence-corrected chi connectivity index (χ3v) is 4.17. The molecule has 1 amide bonds. The summed E-state index contributed by atoms with van der Waals surface area (Å²) in [7, 11) is 0. The Balaban J connectivity index is 1.71. The van der Waals surface area contributed by atoms with Gasteiger partial charge in [0.2, 0.25) is 0 Å². The lowest BCUT2D eigenvalue weighted by Gasteiger charge is -2.15. The van der Waals surface area contributed by atoms with Crippen molar-refractivity contribution in [3.8, 4) is 5.69 Å². The van der Waals surface area contributed by atoms with Crippen LogP contribution in [-0.2, 0) is 0 Å². The fourth-order valence-electron chi connectivity index (χ4n) is 2.17. The van der Waals surface area contributed by atoms with Crippen LogP contribution in [0.2, 0.25) is 10.2 Å². The summed E-state index contributed by atoms with van der Waals surface area (Å²) in [4.78, 5) is 20.1. The summed E-state index contributed by atoms with van der Waals surface area (Å²) >= 11 is 11.6. The summed E-state index contributed by atoms with van der Waals surface area (Å²) in [5.74, 6) is -0.270. The Hall–Kier alpha value is -2.44. The van der Waals surface area contributed by atoms with E-state index in [1.54, 1.807) is 11.0 Å². The number of nitrogens with one attached hydrogen (secondary N) is 1. The van der Waals surface area contributed by atoms with E-state index in [1.165, 1.54) is 18.6 Å². The average molecular weight is 362 g/mol. The zero-order valence-corrected chi connectivity index (χ0v) is 14.2. The fraction of sp³-hybridized carbons (Fsp3) is 0.125. The highest BCUT2D eigenvalue weighted by Crippen LogP contribution is 2.21. The first-order valence-electron chi connectivity index (χ1n) is 7.11. The summed E-state index contributed by atoms with van der Waals surface area (Å²) in [6.07, 6.45) is 4.49. The Bertz CT molecular complexity index is 849. The molecule has 1 aromatic carbocycles. The van der Waals surface area contributed by atoms with Gasteiger partial charge in [-0.2, -0.15) is 5.10 Å². The molecule has 0 saturated carbocycles. The van der Waals surface area contributed by atoms with Gasteiger partial charge in [0, 0.05) is 6.20 Å². The van der Waals surface area contributed by atoms with E-state index in [0.717, 1.165) is 11.3 Å². The first kappa shape index (κ1) is 16.4. The third-order valence-electron chi connectivity index (χ3n) is 3.48. The molecule has 0 aliphatic rings. The van der Waals surface area contributed by atoms with Crippen LogP contribution in [0.15, 0.2) is 49.2 Å². The van der Waals surface area contributed by atoms with Crippen molar-refractivity contribution in [3.63, 3.8) is 0 Å². The Labute approximate surface area is 148 Å². The first-order chi connectivity index (χ1) is 11.5. The van der Waals surface area contributed by atoms with E-state index in [4.69, 9.17) is 23.2 Å². The third kappa shape index (κ3) is 3.55. The van der Waals surface area contributed by atoms with Crippen molar-refractivity contribution in [3.05, 3.63) is 70.5 Å². The number of carbonyl (C=O) groups is 1. The highest BCUT2D eigenvalue weighted by molar-refractivity contribution is 6.41. The van der Waals surface area contributed by atoms with E-state index in [9.17, 15) is 4.79 Å². The van der Waals surface area contributed by atoms with Crippen LogP contribution in [0.4, 0.5) is 0 Å². The molecule has 3 rings (SSSR count). The highest BCUT2D eigenvalue weighted by Gasteiger charge is 2.13. The zero-order valence-electron chi connectivity index (χ0n) is 12.6. The molecule has 24 heavy (non-hydrogen) atoms. The molecule has 0 aliphatic carbocycles. The second-order valence-corrected chi connectivity index (χ2v) is 5.89. The summed E-state index contributed by atoms with van der Waals surface area (Å²) in [5.41, 5.74) is 2.21. The van der Waals surface area contributed by atoms with Gasteiger partial charge >= 0.3 is 0 Å². The molecule has 8 heteroatoms. The van der Waals surface area contributed by atoms with E-state index in [0.29, 0.717) is 5.56 Å². The molecule has 0 spiro atoms. The quantitative estimate of drug-likeness (QED) is 0.722. The summed E-state index contributed by atoms with van der Waals surface area (Å²) < 4.78 is 1.66. The van der Waals surface area contributed by atoms with Gasteiger partial charge in [0.05, 0.1) is 22.3 Å². The van der Waals surface area contributed by atoms with Gasteiger partial charge in [0.25, 0.3) is 5.91 Å². The zero-order chi connectivity index (χ0) is 17.1. The maximum atomic E-state index is 12.3. The van der Waals surface area contributed by atoms with Crippen LogP contribution >= 0.6 is 23.2 Å². The van der Waals surface area contributed by atoms with E-state index < -0.39 is 0 Å². The molecule has 6 nitrogen and oxygen atoms in total. The van der Waals surface area contributed by atoms with Gasteiger partial charge in [-0.05, 0) is 30.7 Å². The number of amides is 1. The van der Waals surface area contributed by atoms with Gasteiger partial charge in [-0.1, -0.05) is 35.3 Å². The lowest BCUT2D eigenvalue weighted by Crippen LogP contribution is -2.26. The molecule has 122 valence electrons. The highest BCUT2D eigenvalue weighted by atomic mass is 35.5. The number of aromatic nitrogens is 4. The van der Waals surface area contributed by atoms with Gasteiger partial charge < -0.3 is 5.32 Å². The number of hydrogen-bond donors (Lipinski definition) is 1. The van der Waals surface area contributed by atoms with Crippen LogP contribution in [0.3, 0.4) is 0 Å². The van der Waals surface area contributed by atoms with E-state index >= 15 is 0 Å². The van der Waals surface area contributed by atoms with Crippen LogP contribution in [0.25, 0.3) is 5.69 Å². The molecular formula is C16H13Cl2N5O. The first-order valence-corrected chi connectivity index (χ1v) is 7.87. The Kier molecular flexibility index (Phi) is 4.78. The molecule has 0 saturated heterocycles. The van der Waals surface area contributed by atoms with Crippen molar-refractivity contribution in [2.24, 2.45) is 0 Å². The monoisotopic (exact) mass is 361 g/mol. The Morgan fingerprint density at radius 2 is 2.00 bits per heavy atom. The van der Waals surface area contributed by atoms with Crippen LogP contribution in [-0.4, -0.2) is 25.7 Å². The molecule has 3 aromatic rings. The maximum absolute atomic E-state index is 12.3. The Morgan fingerprint density at radius 3 is 2.62 bits per heavy atom. The molecule has 0 radical (unpaired) electrons. The topological polar surface area (TPSA) is 72.7 Å². The minimum atomic E-state index is -0.270. The van der Waals surface area contributed by atoms with Crippen molar-refractivity contribution in [2.75, 3.05) is 0 Å². The molecule has 2 aromatic heterocycles. The molecule has 1 atom stereocenters. The van der Waals surface area contributed by atoms with Crippen molar-refractivity contribution in [1.29, 1.82) is 0 Å². The van der Waals surface area contributed by atoms with E-state index in [2.05, 4.69) is 20.4 Å². The second-order valence-electron chi connectivity index (χ2n) is 5.12. The average Bonchev–Trinajstić information content (AvgIpc) is 3.12. The lowest BCUT2D eigenvalue weighted by molar-refractivity contribution is 0.0939. The van der Waals surface area contributed by atoms with Crippen LogP contribution in [0.5, 0.6) is 0 Å². The van der Waals surface area contributed by atoms with Gasteiger partial charge in [-0.25, -0.2) is 14.6 Å². The summed E-state index contributed by atoms with van der Waals surface area (Å²) in [6, 6.07) is 8.98. The number of halogens is 2. The summed E-state index contributed by atoms with van der Waals surface area (Å²) in [5, 5.41) is 7.38. The van der Waals surface area contributed by atoms with Gasteiger partial charge in [0.15, 0.2) is 0 Å². The van der Waals surface area contributed by atoms with Crippen molar-refractivity contribution in [1.82, 2.24) is 25.1 Å². The Morgan fingerprint density at radius 1 is 1.25 bits per heavy atom. The van der Waals surface area contributed by atoms with Crippen molar-refractivity contribution >= 4 is 29.1 Å². The van der Waals surface area contributed by atoms with Crippen LogP contribution in [0, 0.1) is 0 Å². The number of rotatable bonds is 4. The number of benzene rings is 1. The summed E-state index contributed by atoms with van der Waals surface area (Å²) in [6.45, 7) is 1.90. The van der Waals surface area contributed by atoms with Gasteiger partial charge in [-0.15, -0.1) is 0 Å². The minimum absolute atomic E-state index is 0.171. The minimum Gasteiger partial charge on any atom is -0.345 e. The van der Waals surface area contributed by atoms with Crippen LogP contribution in [0.1, 0.15) is 28.9 Å². The molecule has 0 aliphatic heterocycles. The SMILES string of the molecule is CC(NC(=O)c1cnc(Cl)c(Cl)c1)c1ccc(-n2cncn2)cc1. The van der Waals surface area contributed by atoms with Gasteiger partial charge in [0.1, 0.15) is 17.8 Å². The molecule has 1 N–H and O–H groups in total. The fourth-order valence-corrected chi connectivity index (χ4v) is 2.44. The second kappa shape index (κ2) is 6.98. The van der Waals surface area contributed by atoms with E-state index in [-0.39, 0.29) is 22.1 Å².